The first-order valence-electron chi connectivity index (χ1n) is 6.34. The van der Waals surface area contributed by atoms with Crippen LogP contribution in [0, 0.1) is 11.3 Å². The summed E-state index contributed by atoms with van der Waals surface area (Å²) in [6.45, 7) is 2.31. The number of aromatic nitrogens is 1. The number of Topliss-reactive ketones (excluding diaryl/α,β-unsaturated/α-hetero) is 1. The Morgan fingerprint density at radius 2 is 2.05 bits per heavy atom. The van der Waals surface area contributed by atoms with E-state index in [2.05, 4.69) is 4.98 Å². The van der Waals surface area contributed by atoms with Gasteiger partial charge in [-0.1, -0.05) is 18.2 Å². The number of carbonyl (C=O) groups is 1. The molecule has 1 unspecified atom stereocenters. The fourth-order valence-electron chi connectivity index (χ4n) is 1.91. The minimum Gasteiger partial charge on any atom is -0.493 e. The van der Waals surface area contributed by atoms with Crippen LogP contribution in [0.1, 0.15) is 28.9 Å². The Labute approximate surface area is 117 Å². The zero-order chi connectivity index (χ0) is 14.4. The summed E-state index contributed by atoms with van der Waals surface area (Å²) in [5.41, 5.74) is 0.859. The second-order valence-electron chi connectivity index (χ2n) is 4.11. The molecule has 0 amide bonds. The number of rotatable bonds is 5. The topological polar surface area (TPSA) is 63.0 Å². The minimum absolute atomic E-state index is 0.296. The first kappa shape index (κ1) is 13.8. The molecule has 1 atom stereocenters. The Morgan fingerprint density at radius 3 is 2.70 bits per heavy atom. The number of ketones is 1. The zero-order valence-corrected chi connectivity index (χ0v) is 11.1. The minimum atomic E-state index is -0.919. The van der Waals surface area contributed by atoms with E-state index in [0.717, 1.165) is 0 Å². The van der Waals surface area contributed by atoms with Gasteiger partial charge in [-0.3, -0.25) is 9.78 Å². The molecule has 0 aliphatic heterocycles. The maximum absolute atomic E-state index is 12.5. The molecule has 20 heavy (non-hydrogen) atoms. The lowest BCUT2D eigenvalue weighted by atomic mass is 9.95. The molecular weight excluding hydrogens is 252 g/mol. The largest absolute Gasteiger partial charge is 0.493 e. The lowest BCUT2D eigenvalue weighted by Crippen LogP contribution is -2.14. The maximum Gasteiger partial charge on any atom is 0.189 e. The molecular formula is C16H14N2O2. The van der Waals surface area contributed by atoms with Crippen LogP contribution in [0.2, 0.25) is 0 Å². The third kappa shape index (κ3) is 2.83. The summed E-state index contributed by atoms with van der Waals surface area (Å²) in [6.07, 6.45) is 1.57. The Morgan fingerprint density at radius 1 is 1.30 bits per heavy atom. The van der Waals surface area contributed by atoms with E-state index >= 15 is 0 Å². The predicted molar refractivity (Wildman–Crippen MR) is 74.5 cm³/mol. The number of pyridine rings is 1. The van der Waals surface area contributed by atoms with Crippen molar-refractivity contribution in [3.05, 3.63) is 59.9 Å². The molecule has 0 radical (unpaired) electrons. The molecule has 2 aromatic rings. The summed E-state index contributed by atoms with van der Waals surface area (Å²) < 4.78 is 5.44. The average Bonchev–Trinajstić information content (AvgIpc) is 2.50. The number of ether oxygens (including phenoxy) is 1. The molecule has 1 aromatic heterocycles. The van der Waals surface area contributed by atoms with Gasteiger partial charge >= 0.3 is 0 Å². The molecule has 0 spiro atoms. The average molecular weight is 266 g/mol. The third-order valence-electron chi connectivity index (χ3n) is 2.83. The van der Waals surface area contributed by atoms with Crippen molar-refractivity contribution < 1.29 is 9.53 Å². The number of nitrogens with zero attached hydrogens (tertiary/aromatic N) is 2. The second-order valence-corrected chi connectivity index (χ2v) is 4.11. The summed E-state index contributed by atoms with van der Waals surface area (Å²) >= 11 is 0. The van der Waals surface area contributed by atoms with E-state index in [1.807, 2.05) is 13.0 Å². The van der Waals surface area contributed by atoms with Gasteiger partial charge in [0.2, 0.25) is 0 Å². The molecule has 0 fully saturated rings. The van der Waals surface area contributed by atoms with Crippen molar-refractivity contribution in [2.45, 2.75) is 12.8 Å². The first-order valence-corrected chi connectivity index (χ1v) is 6.34. The third-order valence-corrected chi connectivity index (χ3v) is 2.83. The smallest absolute Gasteiger partial charge is 0.189 e. The zero-order valence-electron chi connectivity index (χ0n) is 11.1. The van der Waals surface area contributed by atoms with Crippen LogP contribution in [0.5, 0.6) is 5.75 Å². The number of carbonyl (C=O) groups excluding carboxylic acids is 1. The Bertz CT molecular complexity index is 632. The summed E-state index contributed by atoms with van der Waals surface area (Å²) in [6, 6.07) is 14.1. The van der Waals surface area contributed by atoms with Crippen LogP contribution in [0.4, 0.5) is 0 Å². The SMILES string of the molecule is CCOc1ccccc1C(=O)C(C#N)c1ccccn1. The molecule has 4 heteroatoms. The monoisotopic (exact) mass is 266 g/mol. The quantitative estimate of drug-likeness (QED) is 0.780. The predicted octanol–water partition coefficient (Wildman–Crippen LogP) is 2.97. The van der Waals surface area contributed by atoms with Crippen molar-refractivity contribution in [1.29, 1.82) is 5.26 Å². The van der Waals surface area contributed by atoms with Crippen molar-refractivity contribution in [3.63, 3.8) is 0 Å². The molecule has 0 aliphatic carbocycles. The summed E-state index contributed by atoms with van der Waals surface area (Å²) in [7, 11) is 0. The highest BCUT2D eigenvalue weighted by Crippen LogP contribution is 2.25. The van der Waals surface area contributed by atoms with Crippen molar-refractivity contribution >= 4 is 5.78 Å². The fraction of sp³-hybridized carbons (Fsp3) is 0.188. The lowest BCUT2D eigenvalue weighted by Gasteiger charge is -2.12. The fourth-order valence-corrected chi connectivity index (χ4v) is 1.91. The number of para-hydroxylation sites is 1. The Balaban J connectivity index is 2.38. The lowest BCUT2D eigenvalue weighted by molar-refractivity contribution is 0.0974. The van der Waals surface area contributed by atoms with Gasteiger partial charge in [-0.15, -0.1) is 0 Å². The molecule has 4 nitrogen and oxygen atoms in total. The maximum atomic E-state index is 12.5. The second kappa shape index (κ2) is 6.48. The van der Waals surface area contributed by atoms with Crippen molar-refractivity contribution in [2.24, 2.45) is 0 Å². The van der Waals surface area contributed by atoms with Crippen LogP contribution in [0.3, 0.4) is 0 Å². The summed E-state index contributed by atoms with van der Waals surface area (Å²) in [4.78, 5) is 16.6. The molecule has 2 rings (SSSR count). The van der Waals surface area contributed by atoms with Gasteiger partial charge in [0.1, 0.15) is 5.75 Å². The molecule has 0 aliphatic rings. The van der Waals surface area contributed by atoms with E-state index in [4.69, 9.17) is 4.74 Å². The number of nitriles is 1. The highest BCUT2D eigenvalue weighted by atomic mass is 16.5. The molecule has 0 bridgehead atoms. The highest BCUT2D eigenvalue weighted by molar-refractivity contribution is 6.04. The van der Waals surface area contributed by atoms with E-state index in [1.165, 1.54) is 0 Å². The van der Waals surface area contributed by atoms with E-state index in [-0.39, 0.29) is 5.78 Å². The number of benzene rings is 1. The Kier molecular flexibility index (Phi) is 4.46. The Hall–Kier alpha value is -2.67. The van der Waals surface area contributed by atoms with Crippen LogP contribution in [-0.4, -0.2) is 17.4 Å². The van der Waals surface area contributed by atoms with E-state index in [1.54, 1.807) is 48.7 Å². The van der Waals surface area contributed by atoms with Crippen molar-refractivity contribution in [3.8, 4) is 11.8 Å². The van der Waals surface area contributed by atoms with Gasteiger partial charge < -0.3 is 4.74 Å². The summed E-state index contributed by atoms with van der Waals surface area (Å²) in [5.74, 6) is -0.718. The van der Waals surface area contributed by atoms with Gasteiger partial charge in [0, 0.05) is 6.20 Å². The molecule has 1 aromatic carbocycles. The van der Waals surface area contributed by atoms with Gasteiger partial charge in [0.15, 0.2) is 11.7 Å². The number of hydrogen-bond acceptors (Lipinski definition) is 4. The van der Waals surface area contributed by atoms with Crippen LogP contribution < -0.4 is 4.74 Å². The number of hydrogen-bond donors (Lipinski definition) is 0. The first-order chi connectivity index (χ1) is 9.77. The van der Waals surface area contributed by atoms with Gasteiger partial charge in [0.25, 0.3) is 0 Å². The normalized spacial score (nSPS) is 11.4. The molecule has 0 saturated carbocycles. The van der Waals surface area contributed by atoms with Gasteiger partial charge in [0.05, 0.1) is 23.9 Å². The molecule has 0 saturated heterocycles. The van der Waals surface area contributed by atoms with E-state index < -0.39 is 5.92 Å². The van der Waals surface area contributed by atoms with Gasteiger partial charge in [-0.25, -0.2) is 0 Å². The van der Waals surface area contributed by atoms with Crippen LogP contribution >= 0.6 is 0 Å². The van der Waals surface area contributed by atoms with Crippen LogP contribution in [0.15, 0.2) is 48.7 Å². The van der Waals surface area contributed by atoms with Gasteiger partial charge in [-0.2, -0.15) is 5.26 Å². The van der Waals surface area contributed by atoms with Crippen molar-refractivity contribution in [2.75, 3.05) is 6.61 Å². The molecule has 100 valence electrons. The van der Waals surface area contributed by atoms with Crippen LogP contribution in [-0.2, 0) is 0 Å². The highest BCUT2D eigenvalue weighted by Gasteiger charge is 2.25. The standard InChI is InChI=1S/C16H14N2O2/c1-2-20-15-9-4-3-7-12(15)16(19)13(11-17)14-8-5-6-10-18-14/h3-10,13H,2H2,1H3. The van der Waals surface area contributed by atoms with E-state index in [0.29, 0.717) is 23.6 Å². The van der Waals surface area contributed by atoms with Crippen LogP contribution in [0.25, 0.3) is 0 Å². The summed E-state index contributed by atoms with van der Waals surface area (Å²) in [5, 5.41) is 9.28. The molecule has 1 heterocycles. The molecule has 0 N–H and O–H groups in total. The van der Waals surface area contributed by atoms with Crippen molar-refractivity contribution in [1.82, 2.24) is 4.98 Å². The van der Waals surface area contributed by atoms with E-state index in [9.17, 15) is 10.1 Å². The van der Waals surface area contributed by atoms with Gasteiger partial charge in [-0.05, 0) is 31.2 Å².